The highest BCUT2D eigenvalue weighted by Gasteiger charge is 2.18. The number of hydrogen-bond acceptors (Lipinski definition) is 2. The molecule has 0 amide bonds. The molecule has 1 aliphatic heterocycles. The van der Waals surface area contributed by atoms with Gasteiger partial charge in [-0.2, -0.15) is 0 Å². The Morgan fingerprint density at radius 3 is 3.06 bits per heavy atom. The molecule has 2 atom stereocenters. The van der Waals surface area contributed by atoms with E-state index >= 15 is 0 Å². The van der Waals surface area contributed by atoms with Crippen LogP contribution in [-0.2, 0) is 4.74 Å². The van der Waals surface area contributed by atoms with Crippen LogP contribution >= 0.6 is 15.9 Å². The van der Waals surface area contributed by atoms with Gasteiger partial charge in [-0.25, -0.2) is 4.39 Å². The van der Waals surface area contributed by atoms with E-state index < -0.39 is 0 Å². The Balaban J connectivity index is 2.02. The molecule has 0 radical (unpaired) electrons. The highest BCUT2D eigenvalue weighted by molar-refractivity contribution is 9.10. The molecule has 1 aliphatic rings. The molecule has 2 unspecified atom stereocenters. The molecule has 0 saturated carbocycles. The fourth-order valence-corrected chi connectivity index (χ4v) is 2.54. The Hall–Kier alpha value is -0.450. The van der Waals surface area contributed by atoms with Gasteiger partial charge >= 0.3 is 0 Å². The minimum Gasteiger partial charge on any atom is -0.380 e. The summed E-state index contributed by atoms with van der Waals surface area (Å²) in [6, 6.07) is 5.37. The lowest BCUT2D eigenvalue weighted by Gasteiger charge is -2.27. The van der Waals surface area contributed by atoms with Crippen molar-refractivity contribution in [3.8, 4) is 0 Å². The van der Waals surface area contributed by atoms with Crippen molar-refractivity contribution in [2.24, 2.45) is 0 Å². The van der Waals surface area contributed by atoms with E-state index in [0.29, 0.717) is 11.6 Å². The normalized spacial score (nSPS) is 22.4. The predicted molar refractivity (Wildman–Crippen MR) is 69.5 cm³/mol. The molecule has 94 valence electrons. The van der Waals surface area contributed by atoms with Crippen LogP contribution in [-0.4, -0.2) is 19.3 Å². The largest absolute Gasteiger partial charge is 0.380 e. The SMILES string of the molecule is CC(NC1CCCOC1)c1cc(Br)ccc1F. The third-order valence-electron chi connectivity index (χ3n) is 3.07. The highest BCUT2D eigenvalue weighted by Crippen LogP contribution is 2.22. The summed E-state index contributed by atoms with van der Waals surface area (Å²) in [4.78, 5) is 0. The maximum atomic E-state index is 13.7. The van der Waals surface area contributed by atoms with Gasteiger partial charge in [0.15, 0.2) is 0 Å². The van der Waals surface area contributed by atoms with Crippen molar-refractivity contribution in [2.45, 2.75) is 31.8 Å². The molecule has 1 fully saturated rings. The third-order valence-corrected chi connectivity index (χ3v) is 3.56. The van der Waals surface area contributed by atoms with E-state index in [1.54, 1.807) is 6.07 Å². The summed E-state index contributed by atoms with van der Waals surface area (Å²) < 4.78 is 20.0. The number of benzene rings is 1. The number of ether oxygens (including phenoxy) is 1. The summed E-state index contributed by atoms with van der Waals surface area (Å²) in [5.74, 6) is -0.162. The van der Waals surface area contributed by atoms with E-state index in [1.165, 1.54) is 6.07 Å². The standard InChI is InChI=1S/C13H17BrFNO/c1-9(16-11-3-2-6-17-8-11)12-7-10(14)4-5-13(12)15/h4-5,7,9,11,16H,2-3,6,8H2,1H3. The second-order valence-electron chi connectivity index (χ2n) is 4.47. The van der Waals surface area contributed by atoms with Crippen LogP contribution in [0.2, 0.25) is 0 Å². The fourth-order valence-electron chi connectivity index (χ4n) is 2.16. The lowest BCUT2D eigenvalue weighted by atomic mass is 10.0. The zero-order valence-electron chi connectivity index (χ0n) is 9.88. The van der Waals surface area contributed by atoms with Crippen molar-refractivity contribution in [3.05, 3.63) is 34.1 Å². The van der Waals surface area contributed by atoms with E-state index in [9.17, 15) is 4.39 Å². The van der Waals surface area contributed by atoms with Crippen LogP contribution in [0.25, 0.3) is 0 Å². The summed E-state index contributed by atoms with van der Waals surface area (Å²) >= 11 is 3.37. The lowest BCUT2D eigenvalue weighted by Crippen LogP contribution is -2.38. The molecule has 1 aromatic carbocycles. The molecule has 0 aliphatic carbocycles. The van der Waals surface area contributed by atoms with Gasteiger partial charge in [0.1, 0.15) is 5.82 Å². The van der Waals surface area contributed by atoms with Crippen LogP contribution in [0, 0.1) is 5.82 Å². The van der Waals surface area contributed by atoms with Crippen LogP contribution in [0.15, 0.2) is 22.7 Å². The molecule has 4 heteroatoms. The molecule has 0 spiro atoms. The summed E-state index contributed by atoms with van der Waals surface area (Å²) in [6.07, 6.45) is 2.17. The first-order chi connectivity index (χ1) is 8.16. The van der Waals surface area contributed by atoms with Gasteiger partial charge in [0, 0.05) is 28.7 Å². The van der Waals surface area contributed by atoms with E-state index in [-0.39, 0.29) is 11.9 Å². The number of nitrogens with one attached hydrogen (secondary N) is 1. The van der Waals surface area contributed by atoms with E-state index in [0.717, 1.165) is 30.5 Å². The van der Waals surface area contributed by atoms with Gasteiger partial charge < -0.3 is 10.1 Å². The Kier molecular flexibility index (Phi) is 4.54. The van der Waals surface area contributed by atoms with Gasteiger partial charge in [-0.1, -0.05) is 15.9 Å². The van der Waals surface area contributed by atoms with Gasteiger partial charge in [0.25, 0.3) is 0 Å². The topological polar surface area (TPSA) is 21.3 Å². The monoisotopic (exact) mass is 301 g/mol. The fraction of sp³-hybridized carbons (Fsp3) is 0.538. The Bertz CT molecular complexity index is 380. The molecule has 1 heterocycles. The van der Waals surface area contributed by atoms with E-state index in [2.05, 4.69) is 21.2 Å². The molecule has 1 saturated heterocycles. The van der Waals surface area contributed by atoms with Crippen LogP contribution in [0.4, 0.5) is 4.39 Å². The molecule has 2 rings (SSSR count). The Labute approximate surface area is 110 Å². The van der Waals surface area contributed by atoms with Crippen molar-refractivity contribution in [3.63, 3.8) is 0 Å². The van der Waals surface area contributed by atoms with E-state index in [4.69, 9.17) is 4.74 Å². The predicted octanol–water partition coefficient (Wildman–Crippen LogP) is 3.42. The Morgan fingerprint density at radius 2 is 2.35 bits per heavy atom. The van der Waals surface area contributed by atoms with Gasteiger partial charge in [-0.05, 0) is 38.0 Å². The lowest BCUT2D eigenvalue weighted by molar-refractivity contribution is 0.0669. The van der Waals surface area contributed by atoms with Crippen molar-refractivity contribution >= 4 is 15.9 Å². The first kappa shape index (κ1) is 13.0. The molecule has 0 bridgehead atoms. The van der Waals surface area contributed by atoms with Gasteiger partial charge in [-0.15, -0.1) is 0 Å². The average Bonchev–Trinajstić information content (AvgIpc) is 2.33. The van der Waals surface area contributed by atoms with Crippen LogP contribution in [0.5, 0.6) is 0 Å². The van der Waals surface area contributed by atoms with Gasteiger partial charge in [0.2, 0.25) is 0 Å². The zero-order valence-corrected chi connectivity index (χ0v) is 11.5. The van der Waals surface area contributed by atoms with Crippen LogP contribution in [0.3, 0.4) is 0 Å². The molecule has 2 nitrogen and oxygen atoms in total. The van der Waals surface area contributed by atoms with E-state index in [1.807, 2.05) is 13.0 Å². The Morgan fingerprint density at radius 1 is 1.53 bits per heavy atom. The second kappa shape index (κ2) is 5.94. The van der Waals surface area contributed by atoms with Crippen molar-refractivity contribution < 1.29 is 9.13 Å². The summed E-state index contributed by atoms with van der Waals surface area (Å²) in [5.41, 5.74) is 0.699. The summed E-state index contributed by atoms with van der Waals surface area (Å²) in [6.45, 7) is 3.55. The first-order valence-corrected chi connectivity index (χ1v) is 6.75. The zero-order chi connectivity index (χ0) is 12.3. The summed E-state index contributed by atoms with van der Waals surface area (Å²) in [5, 5.41) is 3.42. The molecular formula is C13H17BrFNO. The van der Waals surface area contributed by atoms with Crippen LogP contribution in [0.1, 0.15) is 31.4 Å². The van der Waals surface area contributed by atoms with Crippen molar-refractivity contribution in [1.82, 2.24) is 5.32 Å². The maximum Gasteiger partial charge on any atom is 0.128 e. The second-order valence-corrected chi connectivity index (χ2v) is 5.38. The smallest absolute Gasteiger partial charge is 0.128 e. The van der Waals surface area contributed by atoms with Crippen molar-refractivity contribution in [2.75, 3.05) is 13.2 Å². The average molecular weight is 302 g/mol. The minimum atomic E-state index is -0.162. The minimum absolute atomic E-state index is 0.000741. The number of halogens is 2. The van der Waals surface area contributed by atoms with Crippen molar-refractivity contribution in [1.29, 1.82) is 0 Å². The maximum absolute atomic E-state index is 13.7. The third kappa shape index (κ3) is 3.50. The molecule has 1 aromatic rings. The van der Waals surface area contributed by atoms with Gasteiger partial charge in [-0.3, -0.25) is 0 Å². The molecule has 0 aromatic heterocycles. The quantitative estimate of drug-likeness (QED) is 0.924. The molecular weight excluding hydrogens is 285 g/mol. The summed E-state index contributed by atoms with van der Waals surface area (Å²) in [7, 11) is 0. The highest BCUT2D eigenvalue weighted by atomic mass is 79.9. The van der Waals surface area contributed by atoms with Gasteiger partial charge in [0.05, 0.1) is 6.61 Å². The number of hydrogen-bond donors (Lipinski definition) is 1. The van der Waals surface area contributed by atoms with Crippen LogP contribution < -0.4 is 5.32 Å². The first-order valence-electron chi connectivity index (χ1n) is 5.95. The number of rotatable bonds is 3. The molecule has 1 N–H and O–H groups in total. The molecule has 17 heavy (non-hydrogen) atoms.